The highest BCUT2D eigenvalue weighted by molar-refractivity contribution is 14.1. The largest absolute Gasteiger partial charge is 0.497 e. The number of methoxy groups -OCH3 is 2. The van der Waals surface area contributed by atoms with Gasteiger partial charge in [-0.15, -0.1) is 0 Å². The molecule has 12 nitrogen and oxygen atoms in total. The van der Waals surface area contributed by atoms with Gasteiger partial charge in [0.05, 0.1) is 30.4 Å². The van der Waals surface area contributed by atoms with E-state index in [1.54, 1.807) is 43.5 Å². The third kappa shape index (κ3) is 8.12. The summed E-state index contributed by atoms with van der Waals surface area (Å²) in [4.78, 5) is 53.8. The molecule has 5 rings (SSSR count). The smallest absolute Gasteiger partial charge is 0.349 e. The number of hydrogen-bond donors (Lipinski definition) is 3. The summed E-state index contributed by atoms with van der Waals surface area (Å²) in [6, 6.07) is 17.6. The number of aldehydes is 1. The number of aliphatic hydroxyl groups excluding tert-OH is 2. The number of halogens is 1. The molecule has 0 bridgehead atoms. The molecule has 3 aromatic carbocycles. The number of rotatable bonds is 13. The summed E-state index contributed by atoms with van der Waals surface area (Å²) in [5.41, 5.74) is 0.588. The first-order valence-electron chi connectivity index (χ1n) is 15.4. The van der Waals surface area contributed by atoms with Crippen LogP contribution in [-0.2, 0) is 11.2 Å². The van der Waals surface area contributed by atoms with E-state index in [-0.39, 0.29) is 48.8 Å². The minimum absolute atomic E-state index is 0.0234. The van der Waals surface area contributed by atoms with Gasteiger partial charge in [-0.2, -0.15) is 0 Å². The van der Waals surface area contributed by atoms with Crippen LogP contribution in [0.4, 0.5) is 0 Å². The van der Waals surface area contributed by atoms with Crippen LogP contribution in [0.15, 0.2) is 87.6 Å². The van der Waals surface area contributed by atoms with Gasteiger partial charge in [0, 0.05) is 36.0 Å². The molecule has 1 aliphatic rings. The Morgan fingerprint density at radius 2 is 1.88 bits per heavy atom. The van der Waals surface area contributed by atoms with Gasteiger partial charge in [-0.25, -0.2) is 4.79 Å². The number of carbonyl (C=O) groups is 3. The number of ether oxygens (including phenoxy) is 3. The number of aliphatic hydroxyl groups is 2. The topological polar surface area (TPSA) is 165 Å². The van der Waals surface area contributed by atoms with Crippen LogP contribution in [0.2, 0.25) is 0 Å². The number of nitrogens with zero attached hydrogens (tertiary/aromatic N) is 1. The van der Waals surface area contributed by atoms with Crippen molar-refractivity contribution in [2.45, 2.75) is 31.1 Å². The number of benzene rings is 3. The molecule has 13 heteroatoms. The van der Waals surface area contributed by atoms with E-state index in [9.17, 15) is 29.4 Å². The normalized spacial score (nSPS) is 17.2. The first kappa shape index (κ1) is 35.6. The first-order chi connectivity index (χ1) is 23.7. The lowest BCUT2D eigenvalue weighted by Crippen LogP contribution is -2.56. The highest BCUT2D eigenvalue weighted by Crippen LogP contribution is 2.37. The molecule has 1 aromatic heterocycles. The van der Waals surface area contributed by atoms with Crippen LogP contribution in [0.25, 0.3) is 11.0 Å². The van der Waals surface area contributed by atoms with E-state index in [2.05, 4.69) is 5.32 Å². The molecule has 3 unspecified atom stereocenters. The fourth-order valence-electron chi connectivity index (χ4n) is 5.70. The lowest BCUT2D eigenvalue weighted by molar-refractivity contribution is -0.118. The molecule has 256 valence electrons. The zero-order valence-corrected chi connectivity index (χ0v) is 28.9. The minimum Gasteiger partial charge on any atom is -0.497 e. The first-order valence-corrected chi connectivity index (χ1v) is 16.5. The Kier molecular flexibility index (Phi) is 11.7. The van der Waals surface area contributed by atoms with E-state index in [0.717, 1.165) is 5.56 Å². The third-order valence-corrected chi connectivity index (χ3v) is 8.97. The maximum atomic E-state index is 14.4. The minimum atomic E-state index is -1.40. The van der Waals surface area contributed by atoms with Gasteiger partial charge in [0.15, 0.2) is 11.5 Å². The Balaban J connectivity index is 1.58. The molecule has 0 saturated carbocycles. The molecular weight excluding hydrogens is 747 g/mol. The van der Waals surface area contributed by atoms with Crippen LogP contribution in [0.1, 0.15) is 32.7 Å². The molecule has 1 aliphatic carbocycles. The average Bonchev–Trinajstić information content (AvgIpc) is 3.12. The van der Waals surface area contributed by atoms with Crippen molar-refractivity contribution < 1.29 is 43.2 Å². The highest BCUT2D eigenvalue weighted by atomic mass is 127. The third-order valence-electron chi connectivity index (χ3n) is 8.16. The predicted molar refractivity (Wildman–Crippen MR) is 188 cm³/mol. The Hall–Kier alpha value is -4.73. The summed E-state index contributed by atoms with van der Waals surface area (Å²) in [5, 5.41) is 24.5. The van der Waals surface area contributed by atoms with Gasteiger partial charge >= 0.3 is 5.63 Å². The second-order valence-electron chi connectivity index (χ2n) is 11.3. The predicted octanol–water partition coefficient (Wildman–Crippen LogP) is 3.53. The van der Waals surface area contributed by atoms with Crippen molar-refractivity contribution in [3.63, 3.8) is 0 Å². The fraction of sp³-hybridized carbons (Fsp3) is 0.278. The lowest BCUT2D eigenvalue weighted by Gasteiger charge is -2.40. The lowest BCUT2D eigenvalue weighted by atomic mass is 9.87. The summed E-state index contributed by atoms with van der Waals surface area (Å²) in [6.45, 7) is -0.288. The van der Waals surface area contributed by atoms with Gasteiger partial charge in [0.2, 0.25) is 5.91 Å². The number of fused-ring (bicyclic) bond motifs is 1. The van der Waals surface area contributed by atoms with Crippen molar-refractivity contribution in [1.29, 1.82) is 0 Å². The van der Waals surface area contributed by atoms with Crippen LogP contribution in [0.3, 0.4) is 0 Å². The number of amides is 2. The summed E-state index contributed by atoms with van der Waals surface area (Å²) >= 11 is 1.98. The van der Waals surface area contributed by atoms with Gasteiger partial charge in [0.1, 0.15) is 35.4 Å². The number of nitrogens with one attached hydrogen (secondary N) is 1. The molecule has 49 heavy (non-hydrogen) atoms. The Morgan fingerprint density at radius 3 is 2.61 bits per heavy atom. The highest BCUT2D eigenvalue weighted by Gasteiger charge is 2.41. The zero-order chi connectivity index (χ0) is 35.1. The van der Waals surface area contributed by atoms with Crippen LogP contribution < -0.4 is 25.2 Å². The van der Waals surface area contributed by atoms with Crippen molar-refractivity contribution in [2.75, 3.05) is 33.9 Å². The molecule has 0 radical (unpaired) electrons. The molecule has 2 amide bonds. The van der Waals surface area contributed by atoms with E-state index < -0.39 is 35.7 Å². The summed E-state index contributed by atoms with van der Waals surface area (Å²) < 4.78 is 23.1. The van der Waals surface area contributed by atoms with E-state index in [4.69, 9.17) is 18.6 Å². The van der Waals surface area contributed by atoms with Gasteiger partial charge in [0.25, 0.3) is 5.91 Å². The fourth-order valence-corrected chi connectivity index (χ4v) is 6.45. The van der Waals surface area contributed by atoms with E-state index in [1.165, 1.54) is 30.2 Å². The summed E-state index contributed by atoms with van der Waals surface area (Å²) in [7, 11) is 2.95. The second-order valence-corrected chi connectivity index (χ2v) is 12.4. The van der Waals surface area contributed by atoms with Crippen LogP contribution >= 0.6 is 22.6 Å². The quantitative estimate of drug-likeness (QED) is 0.104. The summed E-state index contributed by atoms with van der Waals surface area (Å²) in [6.07, 6.45) is -0.240. The molecule has 0 aliphatic heterocycles. The molecule has 0 spiro atoms. The SMILES string of the molecule is COc1cccc(CCN(C(=O)c2cc3ccccc3oc2=O)C2CC(C(=O)NCCO)=CC(Oc3c(I)cc(C=O)cc3OC)C2O)c1. The van der Waals surface area contributed by atoms with E-state index >= 15 is 0 Å². The van der Waals surface area contributed by atoms with Crippen LogP contribution in [0.5, 0.6) is 17.2 Å². The number of carbonyl (C=O) groups excluding carboxylic acids is 3. The van der Waals surface area contributed by atoms with Crippen molar-refractivity contribution in [3.8, 4) is 17.2 Å². The van der Waals surface area contributed by atoms with E-state index in [1.807, 2.05) is 40.8 Å². The zero-order valence-electron chi connectivity index (χ0n) is 26.8. The molecule has 4 aromatic rings. The maximum Gasteiger partial charge on any atom is 0.349 e. The van der Waals surface area contributed by atoms with E-state index in [0.29, 0.717) is 38.6 Å². The molecule has 0 fully saturated rings. The molecule has 3 N–H and O–H groups in total. The van der Waals surface area contributed by atoms with Crippen LogP contribution in [-0.4, -0.2) is 85.4 Å². The number of para-hydroxylation sites is 1. The second kappa shape index (κ2) is 16.1. The van der Waals surface area contributed by atoms with Crippen molar-refractivity contribution in [3.05, 3.63) is 109 Å². The van der Waals surface area contributed by atoms with Gasteiger partial charge < -0.3 is 39.1 Å². The van der Waals surface area contributed by atoms with Crippen molar-refractivity contribution in [2.24, 2.45) is 0 Å². The average molecular weight is 783 g/mol. The van der Waals surface area contributed by atoms with Gasteiger partial charge in [-0.1, -0.05) is 30.3 Å². The van der Waals surface area contributed by atoms with Gasteiger partial charge in [-0.05, 0) is 77.0 Å². The maximum absolute atomic E-state index is 14.4. The van der Waals surface area contributed by atoms with Crippen molar-refractivity contribution in [1.82, 2.24) is 10.2 Å². The standard InChI is InChI=1S/C36H35IN2O10/c1-46-25-8-5-6-21(14-25)10-12-39(35(44)26-17-23-7-3-4-9-29(23)49-36(26)45)28-18-24(34(43)38-11-13-40)19-30(32(28)42)48-33-27(37)15-22(20-41)16-31(33)47-2/h3-9,14-17,19-20,28,30,32,40,42H,10-13,18H2,1-2H3,(H,38,43). The van der Waals surface area contributed by atoms with Crippen LogP contribution in [0, 0.1) is 3.57 Å². The molecule has 0 saturated heterocycles. The van der Waals surface area contributed by atoms with Crippen molar-refractivity contribution >= 4 is 51.7 Å². The molecular formula is C36H35IN2O10. The summed E-state index contributed by atoms with van der Waals surface area (Å²) in [5.74, 6) is -0.170. The number of hydrogen-bond acceptors (Lipinski definition) is 10. The Bertz CT molecular complexity index is 1940. The molecule has 3 atom stereocenters. The Morgan fingerprint density at radius 1 is 1.08 bits per heavy atom. The Labute approximate surface area is 295 Å². The monoisotopic (exact) mass is 782 g/mol. The van der Waals surface area contributed by atoms with Gasteiger partial charge in [-0.3, -0.25) is 14.4 Å². The molecule has 1 heterocycles.